The van der Waals surface area contributed by atoms with E-state index in [0.29, 0.717) is 26.2 Å². The Morgan fingerprint density at radius 3 is 3.00 bits per heavy atom. The highest BCUT2D eigenvalue weighted by Gasteiger charge is 2.35. The molecule has 1 aromatic heterocycles. The number of ether oxygens (including phenoxy) is 1. The Morgan fingerprint density at radius 1 is 1.45 bits per heavy atom. The number of aromatic nitrogens is 1. The van der Waals surface area contributed by atoms with E-state index in [1.807, 2.05) is 12.1 Å². The van der Waals surface area contributed by atoms with E-state index >= 15 is 0 Å². The number of pyridine rings is 1. The summed E-state index contributed by atoms with van der Waals surface area (Å²) in [4.78, 5) is 4.11. The fraction of sp³-hybridized carbons (Fsp3) is 0.643. The number of halogens is 1. The van der Waals surface area contributed by atoms with Gasteiger partial charge >= 0.3 is 0 Å². The van der Waals surface area contributed by atoms with Gasteiger partial charge in [0.25, 0.3) is 0 Å². The summed E-state index contributed by atoms with van der Waals surface area (Å²) in [6.07, 6.45) is 5.08. The zero-order valence-electron chi connectivity index (χ0n) is 12.3. The first-order valence-electron chi connectivity index (χ1n) is 7.38. The van der Waals surface area contributed by atoms with Crippen molar-refractivity contribution < 1.29 is 13.2 Å². The lowest BCUT2D eigenvalue weighted by Gasteiger charge is -2.35. The lowest BCUT2D eigenvalue weighted by atomic mass is 10.1. The molecular weight excluding hydrogens is 326 g/mol. The number of sulfonamides is 1. The maximum Gasteiger partial charge on any atom is 0.217 e. The molecule has 2 unspecified atom stereocenters. The van der Waals surface area contributed by atoms with Gasteiger partial charge in [-0.15, -0.1) is 12.4 Å². The summed E-state index contributed by atoms with van der Waals surface area (Å²) < 4.78 is 32.5. The van der Waals surface area contributed by atoms with Gasteiger partial charge in [-0.2, -0.15) is 4.31 Å². The van der Waals surface area contributed by atoms with E-state index in [2.05, 4.69) is 10.3 Å². The van der Waals surface area contributed by atoms with E-state index in [-0.39, 0.29) is 30.3 Å². The highest BCUT2D eigenvalue weighted by Crippen LogP contribution is 2.26. The van der Waals surface area contributed by atoms with Crippen LogP contribution in [0.3, 0.4) is 0 Å². The van der Waals surface area contributed by atoms with Crippen LogP contribution in [0.5, 0.6) is 0 Å². The first kappa shape index (κ1) is 17.6. The molecule has 0 bridgehead atoms. The fourth-order valence-corrected chi connectivity index (χ4v) is 4.86. The van der Waals surface area contributed by atoms with E-state index in [1.54, 1.807) is 16.7 Å². The summed E-state index contributed by atoms with van der Waals surface area (Å²) in [5, 5.41) is 3.26. The second-order valence-corrected chi connectivity index (χ2v) is 7.50. The van der Waals surface area contributed by atoms with Crippen LogP contribution >= 0.6 is 12.4 Å². The molecule has 3 heterocycles. The Bertz CT molecular complexity index is 564. The molecule has 6 nitrogen and oxygen atoms in total. The van der Waals surface area contributed by atoms with Crippen LogP contribution in [-0.2, 0) is 14.8 Å². The molecule has 0 saturated carbocycles. The summed E-state index contributed by atoms with van der Waals surface area (Å²) in [5.74, 6) is 0.0871. The Balaban J connectivity index is 0.00000176. The average molecular weight is 348 g/mol. The van der Waals surface area contributed by atoms with Crippen LogP contribution in [0.4, 0.5) is 0 Å². The first-order valence-corrected chi connectivity index (χ1v) is 8.99. The third kappa shape index (κ3) is 3.97. The second kappa shape index (κ2) is 7.70. The molecule has 2 aliphatic rings. The van der Waals surface area contributed by atoms with E-state index in [0.717, 1.165) is 18.4 Å². The van der Waals surface area contributed by atoms with Crippen LogP contribution in [0.15, 0.2) is 24.5 Å². The zero-order valence-corrected chi connectivity index (χ0v) is 14.0. The van der Waals surface area contributed by atoms with Crippen LogP contribution in [0.1, 0.15) is 24.4 Å². The lowest BCUT2D eigenvalue weighted by Crippen LogP contribution is -2.50. The molecule has 22 heavy (non-hydrogen) atoms. The van der Waals surface area contributed by atoms with Crippen LogP contribution in [0.2, 0.25) is 0 Å². The van der Waals surface area contributed by atoms with Gasteiger partial charge in [-0.3, -0.25) is 4.98 Å². The number of nitrogens with one attached hydrogen (secondary N) is 1. The van der Waals surface area contributed by atoms with Gasteiger partial charge in [0.05, 0.1) is 17.9 Å². The van der Waals surface area contributed by atoms with Crippen molar-refractivity contribution in [1.82, 2.24) is 14.6 Å². The number of nitrogens with zero attached hydrogens (tertiary/aromatic N) is 2. The van der Waals surface area contributed by atoms with Crippen molar-refractivity contribution in [1.29, 1.82) is 0 Å². The highest BCUT2D eigenvalue weighted by molar-refractivity contribution is 7.89. The molecule has 2 saturated heterocycles. The zero-order chi connectivity index (χ0) is 14.7. The summed E-state index contributed by atoms with van der Waals surface area (Å²) >= 11 is 0. The monoisotopic (exact) mass is 347 g/mol. The fourth-order valence-electron chi connectivity index (χ4n) is 2.98. The standard InChI is InChI=1S/C14H21N3O3S.ClH/c18-21(19,11-13-4-2-8-20-13)17-7-6-16-10-14(17)12-3-1-5-15-9-12;/h1,3,5,9,13-14,16H,2,4,6-8,10-11H2;1H. The smallest absolute Gasteiger partial charge is 0.217 e. The predicted molar refractivity (Wildman–Crippen MR) is 86.6 cm³/mol. The first-order chi connectivity index (χ1) is 10.2. The van der Waals surface area contributed by atoms with Crippen LogP contribution in [0, 0.1) is 0 Å². The molecule has 2 atom stereocenters. The number of rotatable bonds is 4. The maximum atomic E-state index is 12.7. The number of piperazine rings is 1. The van der Waals surface area contributed by atoms with Crippen molar-refractivity contribution in [2.24, 2.45) is 0 Å². The Labute approximate surface area is 137 Å². The van der Waals surface area contributed by atoms with Gasteiger partial charge in [-0.1, -0.05) is 6.07 Å². The molecule has 2 aliphatic heterocycles. The van der Waals surface area contributed by atoms with Gasteiger partial charge in [0.1, 0.15) is 0 Å². The van der Waals surface area contributed by atoms with E-state index in [9.17, 15) is 8.42 Å². The molecule has 3 rings (SSSR count). The van der Waals surface area contributed by atoms with Gasteiger partial charge in [0.15, 0.2) is 0 Å². The average Bonchev–Trinajstić information content (AvgIpc) is 3.00. The molecule has 1 aromatic rings. The predicted octanol–water partition coefficient (Wildman–Crippen LogP) is 0.958. The largest absolute Gasteiger partial charge is 0.377 e. The van der Waals surface area contributed by atoms with Crippen molar-refractivity contribution in [3.8, 4) is 0 Å². The summed E-state index contributed by atoms with van der Waals surface area (Å²) in [6, 6.07) is 3.59. The summed E-state index contributed by atoms with van der Waals surface area (Å²) in [5.41, 5.74) is 0.931. The Hall–Kier alpha value is -0.730. The Kier molecular flexibility index (Phi) is 6.17. The maximum absolute atomic E-state index is 12.7. The van der Waals surface area contributed by atoms with Gasteiger partial charge in [0.2, 0.25) is 10.0 Å². The van der Waals surface area contributed by atoms with Gasteiger partial charge in [0, 0.05) is 38.6 Å². The molecular formula is C14H22ClN3O3S. The van der Waals surface area contributed by atoms with Gasteiger partial charge < -0.3 is 10.1 Å². The molecule has 0 spiro atoms. The van der Waals surface area contributed by atoms with Crippen LogP contribution in [-0.4, -0.2) is 55.8 Å². The molecule has 0 aromatic carbocycles. The minimum Gasteiger partial charge on any atom is -0.377 e. The van der Waals surface area contributed by atoms with Crippen molar-refractivity contribution in [2.45, 2.75) is 25.0 Å². The normalized spacial score (nSPS) is 26.5. The minimum absolute atomic E-state index is 0. The topological polar surface area (TPSA) is 71.5 Å². The molecule has 0 aliphatic carbocycles. The molecule has 0 radical (unpaired) electrons. The third-order valence-electron chi connectivity index (χ3n) is 4.04. The van der Waals surface area contributed by atoms with Crippen molar-refractivity contribution in [3.63, 3.8) is 0 Å². The SMILES string of the molecule is Cl.O=S(=O)(CC1CCCO1)N1CCNCC1c1cccnc1. The molecule has 1 N–H and O–H groups in total. The number of hydrogen-bond acceptors (Lipinski definition) is 5. The molecule has 0 amide bonds. The lowest BCUT2D eigenvalue weighted by molar-refractivity contribution is 0.125. The second-order valence-electron chi connectivity index (χ2n) is 5.53. The minimum atomic E-state index is -3.32. The van der Waals surface area contributed by atoms with Crippen LogP contribution < -0.4 is 5.32 Å². The quantitative estimate of drug-likeness (QED) is 0.878. The highest BCUT2D eigenvalue weighted by atomic mass is 35.5. The molecule has 2 fully saturated rings. The van der Waals surface area contributed by atoms with Gasteiger partial charge in [-0.05, 0) is 24.5 Å². The molecule has 8 heteroatoms. The summed E-state index contributed by atoms with van der Waals surface area (Å²) in [6.45, 7) is 2.47. The van der Waals surface area contributed by atoms with Crippen LogP contribution in [0.25, 0.3) is 0 Å². The summed E-state index contributed by atoms with van der Waals surface area (Å²) in [7, 11) is -3.32. The van der Waals surface area contributed by atoms with E-state index < -0.39 is 10.0 Å². The van der Waals surface area contributed by atoms with Crippen molar-refractivity contribution in [2.75, 3.05) is 32.0 Å². The van der Waals surface area contributed by atoms with Gasteiger partial charge in [-0.25, -0.2) is 8.42 Å². The van der Waals surface area contributed by atoms with E-state index in [4.69, 9.17) is 4.74 Å². The van der Waals surface area contributed by atoms with Crippen molar-refractivity contribution in [3.05, 3.63) is 30.1 Å². The van der Waals surface area contributed by atoms with E-state index in [1.165, 1.54) is 0 Å². The van der Waals surface area contributed by atoms with Crippen molar-refractivity contribution >= 4 is 22.4 Å². The molecule has 124 valence electrons. The Morgan fingerprint density at radius 2 is 2.32 bits per heavy atom. The number of hydrogen-bond donors (Lipinski definition) is 1. The third-order valence-corrected chi connectivity index (χ3v) is 5.99.